The molecule has 0 aliphatic carbocycles. The number of nitrogens with one attached hydrogen (secondary N) is 2. The molecule has 2 N–H and O–H groups in total. The summed E-state index contributed by atoms with van der Waals surface area (Å²) < 4.78 is 11.3. The van der Waals surface area contributed by atoms with E-state index in [9.17, 15) is 9.59 Å². The van der Waals surface area contributed by atoms with E-state index in [0.717, 1.165) is 11.1 Å². The van der Waals surface area contributed by atoms with Crippen LogP contribution in [-0.2, 0) is 16.1 Å². The van der Waals surface area contributed by atoms with Gasteiger partial charge in [-0.05, 0) is 48.2 Å². The van der Waals surface area contributed by atoms with Gasteiger partial charge in [0.05, 0.1) is 18.2 Å². The Kier molecular flexibility index (Phi) is 7.00. The molecule has 1 atom stereocenters. The third-order valence-electron chi connectivity index (χ3n) is 4.55. The van der Waals surface area contributed by atoms with Crippen LogP contribution in [-0.4, -0.2) is 18.6 Å². The van der Waals surface area contributed by atoms with E-state index in [1.807, 2.05) is 62.4 Å². The summed E-state index contributed by atoms with van der Waals surface area (Å²) in [6.07, 6.45) is 0. The van der Waals surface area contributed by atoms with Crippen molar-refractivity contribution in [2.45, 2.75) is 33.4 Å². The number of carbonyl (C=O) groups is 2. The van der Waals surface area contributed by atoms with Crippen LogP contribution in [0, 0.1) is 5.92 Å². The summed E-state index contributed by atoms with van der Waals surface area (Å²) in [5.74, 6) is 0.387. The monoisotopic (exact) mass is 428 g/mol. The van der Waals surface area contributed by atoms with E-state index >= 15 is 0 Å². The summed E-state index contributed by atoms with van der Waals surface area (Å²) in [6.45, 7) is 6.30. The Bertz CT molecular complexity index is 954. The van der Waals surface area contributed by atoms with Gasteiger partial charge in [-0.1, -0.05) is 49.7 Å². The van der Waals surface area contributed by atoms with Gasteiger partial charge >= 0.3 is 12.0 Å². The number of benzene rings is 2. The molecular weight excluding hydrogens is 404 g/mol. The molecule has 0 fully saturated rings. The molecule has 1 aliphatic heterocycles. The zero-order chi connectivity index (χ0) is 21.7. The van der Waals surface area contributed by atoms with Crippen molar-refractivity contribution in [3.63, 3.8) is 0 Å². The molecular formula is C23H25ClN2O4. The molecule has 158 valence electrons. The first kappa shape index (κ1) is 21.7. The predicted molar refractivity (Wildman–Crippen MR) is 115 cm³/mol. The second kappa shape index (κ2) is 9.67. The van der Waals surface area contributed by atoms with Gasteiger partial charge in [0.25, 0.3) is 0 Å². The summed E-state index contributed by atoms with van der Waals surface area (Å²) >= 11 is 5.92. The lowest BCUT2D eigenvalue weighted by atomic mass is 9.95. The molecule has 1 unspecified atom stereocenters. The van der Waals surface area contributed by atoms with Gasteiger partial charge in [0.1, 0.15) is 12.4 Å². The molecule has 0 radical (unpaired) electrons. The standard InChI is InChI=1S/C23H25ClN2O4/c1-14(2)12-30-22(27)20-15(3)25-23(28)26-21(20)17-5-4-6-19(11-17)29-13-16-7-9-18(24)10-8-16/h4-11,14,21H,12-13H2,1-3H3,(H2,25,26,28). The van der Waals surface area contributed by atoms with Crippen molar-refractivity contribution in [3.8, 4) is 5.75 Å². The Balaban J connectivity index is 1.80. The highest BCUT2D eigenvalue weighted by Crippen LogP contribution is 2.30. The van der Waals surface area contributed by atoms with Crippen LogP contribution < -0.4 is 15.4 Å². The fraction of sp³-hybridized carbons (Fsp3) is 0.304. The van der Waals surface area contributed by atoms with Crippen molar-refractivity contribution in [2.24, 2.45) is 5.92 Å². The fourth-order valence-electron chi connectivity index (χ4n) is 3.07. The van der Waals surface area contributed by atoms with Crippen LogP contribution in [0.5, 0.6) is 5.75 Å². The third kappa shape index (κ3) is 5.54. The van der Waals surface area contributed by atoms with Crippen molar-refractivity contribution in [3.05, 3.63) is 76.0 Å². The second-order valence-electron chi connectivity index (χ2n) is 7.55. The van der Waals surface area contributed by atoms with Crippen molar-refractivity contribution in [1.29, 1.82) is 0 Å². The van der Waals surface area contributed by atoms with Crippen LogP contribution in [0.2, 0.25) is 5.02 Å². The smallest absolute Gasteiger partial charge is 0.338 e. The average molecular weight is 429 g/mol. The van der Waals surface area contributed by atoms with E-state index in [1.54, 1.807) is 6.92 Å². The fourth-order valence-corrected chi connectivity index (χ4v) is 3.19. The molecule has 6 nitrogen and oxygen atoms in total. The molecule has 1 heterocycles. The average Bonchev–Trinajstić information content (AvgIpc) is 2.71. The summed E-state index contributed by atoms with van der Waals surface area (Å²) in [4.78, 5) is 24.8. The highest BCUT2D eigenvalue weighted by Gasteiger charge is 2.32. The van der Waals surface area contributed by atoms with Crippen LogP contribution >= 0.6 is 11.6 Å². The quantitative estimate of drug-likeness (QED) is 0.624. The maximum Gasteiger partial charge on any atom is 0.338 e. The zero-order valence-electron chi connectivity index (χ0n) is 17.2. The molecule has 2 amide bonds. The predicted octanol–water partition coefficient (Wildman–Crippen LogP) is 4.75. The van der Waals surface area contributed by atoms with E-state index in [2.05, 4.69) is 10.6 Å². The molecule has 0 aromatic heterocycles. The van der Waals surface area contributed by atoms with Gasteiger partial charge in [-0.25, -0.2) is 9.59 Å². The molecule has 2 aromatic rings. The summed E-state index contributed by atoms with van der Waals surface area (Å²) in [6, 6.07) is 13.7. The molecule has 1 aliphatic rings. The third-order valence-corrected chi connectivity index (χ3v) is 4.80. The number of urea groups is 1. The molecule has 2 aromatic carbocycles. The molecule has 0 spiro atoms. The van der Waals surface area contributed by atoms with Crippen LogP contribution in [0.3, 0.4) is 0 Å². The highest BCUT2D eigenvalue weighted by atomic mass is 35.5. The number of ether oxygens (including phenoxy) is 2. The number of rotatable bonds is 7. The van der Waals surface area contributed by atoms with Crippen molar-refractivity contribution >= 4 is 23.6 Å². The Morgan fingerprint density at radius 2 is 1.90 bits per heavy atom. The Morgan fingerprint density at radius 1 is 1.17 bits per heavy atom. The number of allylic oxidation sites excluding steroid dienone is 1. The van der Waals surface area contributed by atoms with Gasteiger partial charge in [0, 0.05) is 10.7 Å². The normalized spacial score (nSPS) is 16.2. The van der Waals surface area contributed by atoms with E-state index < -0.39 is 12.0 Å². The minimum Gasteiger partial charge on any atom is -0.489 e. The zero-order valence-corrected chi connectivity index (χ0v) is 18.0. The number of halogens is 1. The Labute approximate surface area is 181 Å². The number of carbonyl (C=O) groups excluding carboxylic acids is 2. The summed E-state index contributed by atoms with van der Waals surface area (Å²) in [5.41, 5.74) is 2.57. The van der Waals surface area contributed by atoms with Crippen molar-refractivity contribution in [1.82, 2.24) is 10.6 Å². The Morgan fingerprint density at radius 3 is 2.60 bits per heavy atom. The lowest BCUT2D eigenvalue weighted by Gasteiger charge is -2.28. The lowest BCUT2D eigenvalue weighted by molar-refractivity contribution is -0.140. The summed E-state index contributed by atoms with van der Waals surface area (Å²) in [7, 11) is 0. The van der Waals surface area contributed by atoms with Gasteiger partial charge in [0.15, 0.2) is 0 Å². The number of esters is 1. The van der Waals surface area contributed by atoms with Gasteiger partial charge in [0.2, 0.25) is 0 Å². The van der Waals surface area contributed by atoms with Crippen molar-refractivity contribution in [2.75, 3.05) is 6.61 Å². The molecule has 0 bridgehead atoms. The van der Waals surface area contributed by atoms with Crippen LogP contribution in [0.15, 0.2) is 59.8 Å². The van der Waals surface area contributed by atoms with E-state index in [1.165, 1.54) is 0 Å². The summed E-state index contributed by atoms with van der Waals surface area (Å²) in [5, 5.41) is 6.13. The van der Waals surface area contributed by atoms with Crippen molar-refractivity contribution < 1.29 is 19.1 Å². The van der Waals surface area contributed by atoms with Gasteiger partial charge < -0.3 is 20.1 Å². The minimum absolute atomic E-state index is 0.212. The maximum atomic E-state index is 12.7. The topological polar surface area (TPSA) is 76.7 Å². The van der Waals surface area contributed by atoms with Gasteiger partial charge in [-0.15, -0.1) is 0 Å². The van der Waals surface area contributed by atoms with Gasteiger partial charge in [-0.3, -0.25) is 0 Å². The van der Waals surface area contributed by atoms with E-state index in [-0.39, 0.29) is 11.9 Å². The number of hydrogen-bond acceptors (Lipinski definition) is 4. The minimum atomic E-state index is -0.627. The highest BCUT2D eigenvalue weighted by molar-refractivity contribution is 6.30. The SMILES string of the molecule is CC1=C(C(=O)OCC(C)C)C(c2cccc(OCc3ccc(Cl)cc3)c2)NC(=O)N1. The first-order valence-electron chi connectivity index (χ1n) is 9.76. The van der Waals surface area contributed by atoms with E-state index in [0.29, 0.717) is 35.3 Å². The molecule has 30 heavy (non-hydrogen) atoms. The number of amides is 2. The largest absolute Gasteiger partial charge is 0.489 e. The molecule has 0 saturated heterocycles. The van der Waals surface area contributed by atoms with Crippen LogP contribution in [0.25, 0.3) is 0 Å². The molecule has 3 rings (SSSR count). The van der Waals surface area contributed by atoms with E-state index in [4.69, 9.17) is 21.1 Å². The Hall–Kier alpha value is -2.99. The van der Waals surface area contributed by atoms with Crippen LogP contribution in [0.1, 0.15) is 37.9 Å². The van der Waals surface area contributed by atoms with Gasteiger partial charge in [-0.2, -0.15) is 0 Å². The first-order chi connectivity index (χ1) is 14.3. The number of hydrogen-bond donors (Lipinski definition) is 2. The molecule has 7 heteroatoms. The lowest BCUT2D eigenvalue weighted by Crippen LogP contribution is -2.45. The van der Waals surface area contributed by atoms with Crippen LogP contribution in [0.4, 0.5) is 4.79 Å². The second-order valence-corrected chi connectivity index (χ2v) is 7.99. The maximum absolute atomic E-state index is 12.7. The molecule has 0 saturated carbocycles. The first-order valence-corrected chi connectivity index (χ1v) is 10.1.